The van der Waals surface area contributed by atoms with E-state index in [0.29, 0.717) is 12.0 Å². The molecule has 3 rings (SSSR count). The molecule has 2 aliphatic rings. The van der Waals surface area contributed by atoms with Gasteiger partial charge < -0.3 is 15.2 Å². The molecule has 2 aliphatic heterocycles. The Bertz CT molecular complexity index is 513. The third-order valence-electron chi connectivity index (χ3n) is 4.86. The van der Waals surface area contributed by atoms with Crippen LogP contribution < -0.4 is 15.2 Å². The first-order valence-corrected chi connectivity index (χ1v) is 7.38. The van der Waals surface area contributed by atoms with Crippen molar-refractivity contribution < 1.29 is 9.47 Å². The van der Waals surface area contributed by atoms with Crippen LogP contribution in [-0.2, 0) is 6.42 Å². The number of halogens is 2. The second-order valence-electron chi connectivity index (χ2n) is 6.04. The maximum atomic E-state index is 6.29. The number of piperidine rings is 1. The predicted molar refractivity (Wildman–Crippen MR) is 93.8 cm³/mol. The first-order chi connectivity index (χ1) is 9.63. The van der Waals surface area contributed by atoms with Gasteiger partial charge in [0.25, 0.3) is 0 Å². The SMILES string of the molecule is COc1cc2c(cc1OC)C1C[C@@H](N)[C@@H](C)CN1CC2.Cl.Cl. The van der Waals surface area contributed by atoms with E-state index in [-0.39, 0.29) is 30.9 Å². The van der Waals surface area contributed by atoms with Crippen molar-refractivity contribution in [1.29, 1.82) is 0 Å². The Hall–Kier alpha value is -0.680. The minimum Gasteiger partial charge on any atom is -0.493 e. The molecule has 22 heavy (non-hydrogen) atoms. The molecule has 0 saturated carbocycles. The molecule has 2 N–H and O–H groups in total. The highest BCUT2D eigenvalue weighted by Crippen LogP contribution is 2.42. The lowest BCUT2D eigenvalue weighted by atomic mass is 9.81. The smallest absolute Gasteiger partial charge is 0.161 e. The van der Waals surface area contributed by atoms with Gasteiger partial charge in [-0.2, -0.15) is 0 Å². The molecule has 0 spiro atoms. The van der Waals surface area contributed by atoms with E-state index < -0.39 is 0 Å². The zero-order valence-corrected chi connectivity index (χ0v) is 15.0. The zero-order chi connectivity index (χ0) is 14.3. The van der Waals surface area contributed by atoms with Gasteiger partial charge in [-0.05, 0) is 42.0 Å². The second kappa shape index (κ2) is 7.73. The van der Waals surface area contributed by atoms with Crippen LogP contribution in [0.3, 0.4) is 0 Å². The van der Waals surface area contributed by atoms with Crippen LogP contribution in [0.25, 0.3) is 0 Å². The number of hydrogen-bond donors (Lipinski definition) is 1. The molecule has 1 aromatic carbocycles. The molecule has 1 fully saturated rings. The lowest BCUT2D eigenvalue weighted by molar-refractivity contribution is 0.0899. The lowest BCUT2D eigenvalue weighted by Gasteiger charge is -2.45. The number of ether oxygens (including phenoxy) is 2. The summed E-state index contributed by atoms with van der Waals surface area (Å²) in [4.78, 5) is 2.57. The Kier molecular flexibility index (Phi) is 6.81. The Morgan fingerprint density at radius 1 is 1.14 bits per heavy atom. The summed E-state index contributed by atoms with van der Waals surface area (Å²) < 4.78 is 10.9. The minimum atomic E-state index is 0. The molecule has 6 heteroatoms. The number of hydrogen-bond acceptors (Lipinski definition) is 4. The number of rotatable bonds is 2. The Morgan fingerprint density at radius 2 is 1.77 bits per heavy atom. The molecule has 1 aromatic rings. The first-order valence-electron chi connectivity index (χ1n) is 7.38. The van der Waals surface area contributed by atoms with Crippen LogP contribution in [0.4, 0.5) is 0 Å². The van der Waals surface area contributed by atoms with Gasteiger partial charge in [-0.3, -0.25) is 4.90 Å². The molecule has 0 bridgehead atoms. The molecule has 0 amide bonds. The van der Waals surface area contributed by atoms with Crippen molar-refractivity contribution in [2.24, 2.45) is 11.7 Å². The van der Waals surface area contributed by atoms with Gasteiger partial charge in [-0.25, -0.2) is 0 Å². The third kappa shape index (κ3) is 3.30. The van der Waals surface area contributed by atoms with E-state index in [2.05, 4.69) is 24.0 Å². The van der Waals surface area contributed by atoms with Crippen LogP contribution in [0.2, 0.25) is 0 Å². The van der Waals surface area contributed by atoms with Gasteiger partial charge >= 0.3 is 0 Å². The number of benzene rings is 1. The van der Waals surface area contributed by atoms with Crippen molar-refractivity contribution in [2.75, 3.05) is 27.3 Å². The van der Waals surface area contributed by atoms with E-state index in [9.17, 15) is 0 Å². The van der Waals surface area contributed by atoms with Crippen LogP contribution in [0, 0.1) is 5.92 Å². The van der Waals surface area contributed by atoms with Crippen molar-refractivity contribution in [2.45, 2.75) is 31.8 Å². The first kappa shape index (κ1) is 19.4. The number of nitrogens with two attached hydrogens (primary N) is 1. The predicted octanol–water partition coefficient (Wildman–Crippen LogP) is 2.81. The normalized spacial score (nSPS) is 26.8. The maximum absolute atomic E-state index is 6.29. The van der Waals surface area contributed by atoms with Gasteiger partial charge in [0.15, 0.2) is 11.5 Å². The Morgan fingerprint density at radius 3 is 2.41 bits per heavy atom. The molecule has 1 unspecified atom stereocenters. The fraction of sp³-hybridized carbons (Fsp3) is 0.625. The maximum Gasteiger partial charge on any atom is 0.161 e. The van der Waals surface area contributed by atoms with Crippen molar-refractivity contribution in [3.63, 3.8) is 0 Å². The van der Waals surface area contributed by atoms with Crippen molar-refractivity contribution in [1.82, 2.24) is 4.90 Å². The van der Waals surface area contributed by atoms with E-state index >= 15 is 0 Å². The average molecular weight is 349 g/mol. The molecule has 3 atom stereocenters. The Labute approximate surface area is 145 Å². The fourth-order valence-electron chi connectivity index (χ4n) is 3.57. The average Bonchev–Trinajstić information content (AvgIpc) is 2.47. The molecular formula is C16H26Cl2N2O2. The van der Waals surface area contributed by atoms with Gasteiger partial charge in [0, 0.05) is 25.2 Å². The Balaban J connectivity index is 0.00000121. The summed E-state index contributed by atoms with van der Waals surface area (Å²) >= 11 is 0. The largest absolute Gasteiger partial charge is 0.493 e. The van der Waals surface area contributed by atoms with Gasteiger partial charge in [0.1, 0.15) is 0 Å². The highest BCUT2D eigenvalue weighted by molar-refractivity contribution is 5.85. The highest BCUT2D eigenvalue weighted by atomic mass is 35.5. The van der Waals surface area contributed by atoms with Crippen LogP contribution in [0.15, 0.2) is 12.1 Å². The second-order valence-corrected chi connectivity index (χ2v) is 6.04. The summed E-state index contributed by atoms with van der Waals surface area (Å²) in [7, 11) is 3.39. The summed E-state index contributed by atoms with van der Waals surface area (Å²) in [6, 6.07) is 5.00. The van der Waals surface area contributed by atoms with Gasteiger partial charge in [0.05, 0.1) is 14.2 Å². The number of nitrogens with zero attached hydrogens (tertiary/aromatic N) is 1. The molecule has 126 valence electrons. The van der Waals surface area contributed by atoms with E-state index in [1.165, 1.54) is 11.1 Å². The van der Waals surface area contributed by atoms with Gasteiger partial charge in [-0.1, -0.05) is 6.92 Å². The van der Waals surface area contributed by atoms with Crippen molar-refractivity contribution in [3.8, 4) is 11.5 Å². The topological polar surface area (TPSA) is 47.7 Å². The molecule has 2 heterocycles. The van der Waals surface area contributed by atoms with Crippen LogP contribution in [0.5, 0.6) is 11.5 Å². The van der Waals surface area contributed by atoms with E-state index in [4.69, 9.17) is 15.2 Å². The lowest BCUT2D eigenvalue weighted by Crippen LogP contribution is -2.49. The van der Waals surface area contributed by atoms with E-state index in [0.717, 1.165) is 37.4 Å². The van der Waals surface area contributed by atoms with E-state index in [1.54, 1.807) is 14.2 Å². The summed E-state index contributed by atoms with van der Waals surface area (Å²) in [5.41, 5.74) is 9.04. The molecule has 0 aromatic heterocycles. The fourth-order valence-corrected chi connectivity index (χ4v) is 3.57. The molecular weight excluding hydrogens is 323 g/mol. The van der Waals surface area contributed by atoms with Gasteiger partial charge in [0.2, 0.25) is 0 Å². The summed E-state index contributed by atoms with van der Waals surface area (Å²) in [6.45, 7) is 4.47. The molecule has 0 radical (unpaired) electrons. The zero-order valence-electron chi connectivity index (χ0n) is 13.4. The van der Waals surface area contributed by atoms with Crippen molar-refractivity contribution in [3.05, 3.63) is 23.3 Å². The molecule has 0 aliphatic carbocycles. The van der Waals surface area contributed by atoms with Crippen molar-refractivity contribution >= 4 is 24.8 Å². The summed E-state index contributed by atoms with van der Waals surface area (Å²) in [5, 5.41) is 0. The number of fused-ring (bicyclic) bond motifs is 3. The summed E-state index contributed by atoms with van der Waals surface area (Å²) in [6.07, 6.45) is 2.11. The van der Waals surface area contributed by atoms with E-state index in [1.807, 2.05) is 0 Å². The standard InChI is InChI=1S/C16H24N2O2.2ClH/c1-10-9-18-5-4-11-6-15(19-2)16(20-3)7-12(11)14(18)8-13(10)17;;/h6-7,10,13-14H,4-5,8-9,17H2,1-3H3;2*1H/t10-,13+,14?;;/m0../s1. The minimum absolute atomic E-state index is 0. The summed E-state index contributed by atoms with van der Waals surface area (Å²) in [5.74, 6) is 2.22. The monoisotopic (exact) mass is 348 g/mol. The van der Waals surface area contributed by atoms with Crippen LogP contribution >= 0.6 is 24.8 Å². The third-order valence-corrected chi connectivity index (χ3v) is 4.86. The molecule has 4 nitrogen and oxygen atoms in total. The van der Waals surface area contributed by atoms with Crippen LogP contribution in [0.1, 0.15) is 30.5 Å². The molecule has 1 saturated heterocycles. The van der Waals surface area contributed by atoms with Gasteiger partial charge in [-0.15, -0.1) is 24.8 Å². The quantitative estimate of drug-likeness (QED) is 0.892. The van der Waals surface area contributed by atoms with Crippen LogP contribution in [-0.4, -0.2) is 38.3 Å². The highest BCUT2D eigenvalue weighted by Gasteiger charge is 2.36. The number of methoxy groups -OCH3 is 2.